The van der Waals surface area contributed by atoms with Crippen LogP contribution in [0.1, 0.15) is 56.1 Å². The van der Waals surface area contributed by atoms with Crippen LogP contribution >= 0.6 is 0 Å². The summed E-state index contributed by atoms with van der Waals surface area (Å²) in [6.07, 6.45) is 4.42. The summed E-state index contributed by atoms with van der Waals surface area (Å²) in [4.78, 5) is 38.0. The predicted molar refractivity (Wildman–Crippen MR) is 133 cm³/mol. The lowest BCUT2D eigenvalue weighted by Crippen LogP contribution is -2.44. The number of ether oxygens (including phenoxy) is 1. The van der Waals surface area contributed by atoms with E-state index in [1.807, 2.05) is 24.3 Å². The molecule has 35 heavy (non-hydrogen) atoms. The number of nitrogens with zero attached hydrogens (tertiary/aromatic N) is 1. The molecule has 7 nitrogen and oxygen atoms in total. The summed E-state index contributed by atoms with van der Waals surface area (Å²) in [5.41, 5.74) is 5.19. The van der Waals surface area contributed by atoms with Crippen molar-refractivity contribution in [2.45, 2.75) is 51.0 Å². The van der Waals surface area contributed by atoms with E-state index in [2.05, 4.69) is 29.6 Å². The molecule has 2 amide bonds. The molecule has 2 N–H and O–H groups in total. The first-order valence-electron chi connectivity index (χ1n) is 12.2. The Morgan fingerprint density at radius 2 is 1.71 bits per heavy atom. The molecule has 7 heteroatoms. The van der Waals surface area contributed by atoms with Crippen LogP contribution in [-0.2, 0) is 14.3 Å². The molecule has 1 saturated heterocycles. The highest BCUT2D eigenvalue weighted by Gasteiger charge is 2.29. The second kappa shape index (κ2) is 11.2. The Morgan fingerprint density at radius 1 is 1.06 bits per heavy atom. The van der Waals surface area contributed by atoms with E-state index in [1.165, 1.54) is 11.1 Å². The van der Waals surface area contributed by atoms with Gasteiger partial charge in [0.1, 0.15) is 6.61 Å². The van der Waals surface area contributed by atoms with Crippen molar-refractivity contribution in [3.05, 3.63) is 71.3 Å². The topological polar surface area (TPSA) is 95.9 Å². The highest BCUT2D eigenvalue weighted by molar-refractivity contribution is 5.93. The first-order chi connectivity index (χ1) is 17.0. The minimum absolute atomic E-state index is 0.00570. The lowest BCUT2D eigenvalue weighted by molar-refractivity contribution is -0.139. The van der Waals surface area contributed by atoms with Crippen LogP contribution in [0.4, 0.5) is 4.79 Å². The number of carboxylic acid groups (broad SMARTS) is 1. The van der Waals surface area contributed by atoms with Crippen molar-refractivity contribution in [1.29, 1.82) is 0 Å². The third-order valence-electron chi connectivity index (χ3n) is 6.92. The third-order valence-corrected chi connectivity index (χ3v) is 6.92. The van der Waals surface area contributed by atoms with Gasteiger partial charge in [0.05, 0.1) is 0 Å². The number of rotatable bonds is 8. The van der Waals surface area contributed by atoms with Gasteiger partial charge in [-0.2, -0.15) is 0 Å². The van der Waals surface area contributed by atoms with Gasteiger partial charge in [-0.15, -0.1) is 0 Å². The Bertz CT molecular complexity index is 1080. The van der Waals surface area contributed by atoms with Crippen LogP contribution in [0.5, 0.6) is 0 Å². The van der Waals surface area contributed by atoms with Gasteiger partial charge >= 0.3 is 12.1 Å². The van der Waals surface area contributed by atoms with E-state index in [0.29, 0.717) is 18.5 Å². The quantitative estimate of drug-likeness (QED) is 0.538. The Morgan fingerprint density at radius 3 is 2.37 bits per heavy atom. The number of carboxylic acids is 1. The molecule has 1 fully saturated rings. The minimum atomic E-state index is -0.845. The van der Waals surface area contributed by atoms with Gasteiger partial charge in [0.15, 0.2) is 0 Å². The van der Waals surface area contributed by atoms with Gasteiger partial charge in [0.2, 0.25) is 5.91 Å². The molecule has 4 rings (SSSR count). The first kappa shape index (κ1) is 24.5. The summed E-state index contributed by atoms with van der Waals surface area (Å²) >= 11 is 0. The van der Waals surface area contributed by atoms with Crippen LogP contribution in [0.15, 0.2) is 60.2 Å². The highest BCUT2D eigenvalue weighted by atomic mass is 16.5. The highest BCUT2D eigenvalue weighted by Crippen LogP contribution is 2.44. The van der Waals surface area contributed by atoms with Crippen molar-refractivity contribution >= 4 is 18.0 Å². The van der Waals surface area contributed by atoms with Gasteiger partial charge in [0.25, 0.3) is 0 Å². The number of carbonyl (C=O) groups is 3. The maximum absolute atomic E-state index is 12.9. The van der Waals surface area contributed by atoms with E-state index < -0.39 is 12.1 Å². The number of hydrogen-bond donors (Lipinski definition) is 2. The van der Waals surface area contributed by atoms with E-state index in [1.54, 1.807) is 17.9 Å². The summed E-state index contributed by atoms with van der Waals surface area (Å²) < 4.78 is 5.54. The Hall–Kier alpha value is -3.61. The number of nitrogens with one attached hydrogen (secondary N) is 1. The van der Waals surface area contributed by atoms with E-state index in [-0.39, 0.29) is 37.4 Å². The molecule has 1 aliphatic heterocycles. The van der Waals surface area contributed by atoms with Crippen molar-refractivity contribution in [2.24, 2.45) is 0 Å². The summed E-state index contributed by atoms with van der Waals surface area (Å²) in [6, 6.07) is 16.3. The largest absolute Gasteiger partial charge is 0.481 e. The predicted octanol–water partition coefficient (Wildman–Crippen LogP) is 4.72. The SMILES string of the molecule is C/C(=C\CNC(=O)OCC1c2ccccc2-c2ccccc21)C(=O)N1CCCCC1CCC(=O)O. The fraction of sp³-hybridized carbons (Fsp3) is 0.393. The Labute approximate surface area is 205 Å². The van der Waals surface area contributed by atoms with Gasteiger partial charge in [-0.25, -0.2) is 4.79 Å². The molecular weight excluding hydrogens is 444 g/mol. The number of carbonyl (C=O) groups excluding carboxylic acids is 2. The number of piperidine rings is 1. The molecule has 1 unspecified atom stereocenters. The average molecular weight is 477 g/mol. The van der Waals surface area contributed by atoms with E-state index in [9.17, 15) is 14.4 Å². The molecule has 0 saturated carbocycles. The van der Waals surface area contributed by atoms with Crippen LogP contribution in [-0.4, -0.2) is 53.7 Å². The summed E-state index contributed by atoms with van der Waals surface area (Å²) in [5, 5.41) is 11.7. The zero-order chi connectivity index (χ0) is 24.8. The molecule has 0 spiro atoms. The van der Waals surface area contributed by atoms with Crippen LogP contribution < -0.4 is 5.32 Å². The van der Waals surface area contributed by atoms with Gasteiger partial charge in [-0.05, 0) is 54.9 Å². The van der Waals surface area contributed by atoms with Gasteiger partial charge in [-0.1, -0.05) is 54.6 Å². The number of hydrogen-bond acceptors (Lipinski definition) is 4. The lowest BCUT2D eigenvalue weighted by Gasteiger charge is -2.36. The standard InChI is InChI=1S/C28H32N2O5/c1-19(27(33)30-17-7-6-8-20(30)13-14-26(31)32)15-16-29-28(34)35-18-25-23-11-4-2-9-21(23)22-10-3-5-12-24(22)25/h2-5,9-12,15,20,25H,6-8,13-14,16-18H2,1H3,(H,29,34)(H,31,32)/b19-15+. The number of amides is 2. The van der Waals surface area contributed by atoms with Crippen LogP contribution in [0.2, 0.25) is 0 Å². The van der Waals surface area contributed by atoms with Crippen molar-refractivity contribution in [1.82, 2.24) is 10.2 Å². The van der Waals surface area contributed by atoms with Crippen LogP contribution in [0.25, 0.3) is 11.1 Å². The first-order valence-corrected chi connectivity index (χ1v) is 12.2. The number of likely N-dealkylation sites (tertiary alicyclic amines) is 1. The fourth-order valence-corrected chi connectivity index (χ4v) is 5.11. The van der Waals surface area contributed by atoms with Crippen molar-refractivity contribution in [3.63, 3.8) is 0 Å². The molecule has 1 aliphatic carbocycles. The molecule has 2 aromatic rings. The van der Waals surface area contributed by atoms with Crippen LogP contribution in [0, 0.1) is 0 Å². The molecule has 0 bridgehead atoms. The van der Waals surface area contributed by atoms with Crippen molar-refractivity contribution in [3.8, 4) is 11.1 Å². The number of fused-ring (bicyclic) bond motifs is 3. The molecule has 0 radical (unpaired) electrons. The molecule has 1 heterocycles. The number of benzene rings is 2. The van der Waals surface area contributed by atoms with E-state index >= 15 is 0 Å². The molecule has 184 valence electrons. The maximum Gasteiger partial charge on any atom is 0.407 e. The van der Waals surface area contributed by atoms with Gasteiger partial charge < -0.3 is 20.1 Å². The second-order valence-electron chi connectivity index (χ2n) is 9.17. The normalized spacial score (nSPS) is 17.5. The van der Waals surface area contributed by atoms with Crippen LogP contribution in [0.3, 0.4) is 0 Å². The molecule has 1 atom stereocenters. The molecular formula is C28H32N2O5. The Balaban J connectivity index is 1.29. The van der Waals surface area contributed by atoms with Crippen molar-refractivity contribution < 1.29 is 24.2 Å². The molecule has 2 aromatic carbocycles. The van der Waals surface area contributed by atoms with Gasteiger partial charge in [-0.3, -0.25) is 9.59 Å². The second-order valence-corrected chi connectivity index (χ2v) is 9.17. The summed E-state index contributed by atoms with van der Waals surface area (Å²) in [5.74, 6) is -0.953. The zero-order valence-electron chi connectivity index (χ0n) is 20.0. The molecule has 0 aromatic heterocycles. The van der Waals surface area contributed by atoms with Crippen molar-refractivity contribution in [2.75, 3.05) is 19.7 Å². The zero-order valence-corrected chi connectivity index (χ0v) is 20.0. The van der Waals surface area contributed by atoms with Gasteiger partial charge in [0, 0.05) is 37.0 Å². The maximum atomic E-state index is 12.9. The summed E-state index contributed by atoms with van der Waals surface area (Å²) in [6.45, 7) is 2.78. The number of aliphatic carboxylic acids is 1. The fourth-order valence-electron chi connectivity index (χ4n) is 5.11. The smallest absolute Gasteiger partial charge is 0.407 e. The third kappa shape index (κ3) is 5.73. The minimum Gasteiger partial charge on any atom is -0.481 e. The van der Waals surface area contributed by atoms with E-state index in [0.717, 1.165) is 30.4 Å². The average Bonchev–Trinajstić information content (AvgIpc) is 3.19. The Kier molecular flexibility index (Phi) is 7.85. The van der Waals surface area contributed by atoms with E-state index in [4.69, 9.17) is 9.84 Å². The molecule has 2 aliphatic rings. The summed E-state index contributed by atoms with van der Waals surface area (Å²) in [7, 11) is 0. The lowest BCUT2D eigenvalue weighted by atomic mass is 9.97. The number of alkyl carbamates (subject to hydrolysis) is 1. The monoisotopic (exact) mass is 476 g/mol.